The van der Waals surface area contributed by atoms with Crippen LogP contribution in [0.4, 0.5) is 4.79 Å². The minimum atomic E-state index is -0.987. The molecule has 0 fully saturated rings. The average molecular weight is 549 g/mol. The Balaban J connectivity index is 1.29. The van der Waals surface area contributed by atoms with Crippen molar-refractivity contribution in [3.8, 4) is 5.75 Å². The second kappa shape index (κ2) is 13.4. The number of nitrogens with zero attached hydrogens (tertiary/aromatic N) is 3. The number of rotatable bonds is 12. The Morgan fingerprint density at radius 3 is 2.44 bits per heavy atom. The van der Waals surface area contributed by atoms with Gasteiger partial charge in [0.05, 0.1) is 18.0 Å². The molecule has 3 aromatic carbocycles. The number of nitrogens with one attached hydrogen (secondary N) is 1. The van der Waals surface area contributed by atoms with E-state index in [2.05, 4.69) is 5.32 Å². The lowest BCUT2D eigenvalue weighted by molar-refractivity contribution is -0.120. The fourth-order valence-electron chi connectivity index (χ4n) is 4.67. The summed E-state index contributed by atoms with van der Waals surface area (Å²) < 4.78 is 5.93. The summed E-state index contributed by atoms with van der Waals surface area (Å²) in [6, 6.07) is 27.5. The summed E-state index contributed by atoms with van der Waals surface area (Å²) in [7, 11) is 0. The lowest BCUT2D eigenvalue weighted by atomic mass is 10.1. The van der Waals surface area contributed by atoms with E-state index < -0.39 is 6.09 Å². The summed E-state index contributed by atoms with van der Waals surface area (Å²) in [5.41, 5.74) is 4.66. The Labute approximate surface area is 239 Å². The Bertz CT molecular complexity index is 1510. The maximum atomic E-state index is 13.5. The zero-order valence-electron chi connectivity index (χ0n) is 22.7. The Kier molecular flexibility index (Phi) is 9.01. The highest BCUT2D eigenvalue weighted by atomic mass is 16.5. The van der Waals surface area contributed by atoms with Crippen LogP contribution >= 0.6 is 0 Å². The molecule has 5 rings (SSSR count). The van der Waals surface area contributed by atoms with E-state index in [9.17, 15) is 9.59 Å². The van der Waals surface area contributed by atoms with Gasteiger partial charge in [-0.2, -0.15) is 0 Å². The highest BCUT2D eigenvalue weighted by Crippen LogP contribution is 2.29. The summed E-state index contributed by atoms with van der Waals surface area (Å²) in [4.78, 5) is 35.3. The third kappa shape index (κ3) is 7.36. The number of ether oxygens (including phenoxy) is 1. The minimum Gasteiger partial charge on any atom is -0.494 e. The van der Waals surface area contributed by atoms with Gasteiger partial charge in [0.15, 0.2) is 5.84 Å². The van der Waals surface area contributed by atoms with E-state index in [4.69, 9.17) is 19.8 Å². The first-order valence-electron chi connectivity index (χ1n) is 13.8. The second-order valence-corrected chi connectivity index (χ2v) is 9.81. The van der Waals surface area contributed by atoms with Crippen molar-refractivity contribution in [1.82, 2.24) is 10.2 Å². The smallest absolute Gasteiger partial charge is 0.404 e. The van der Waals surface area contributed by atoms with Gasteiger partial charge in [-0.25, -0.2) is 14.8 Å². The monoisotopic (exact) mass is 548 g/mol. The number of hydrogen-bond acceptors (Lipinski definition) is 5. The van der Waals surface area contributed by atoms with E-state index in [0.717, 1.165) is 59.5 Å². The number of amidine groups is 1. The maximum Gasteiger partial charge on any atom is 0.404 e. The van der Waals surface area contributed by atoms with Crippen LogP contribution in [0.25, 0.3) is 11.8 Å². The maximum absolute atomic E-state index is 13.5. The summed E-state index contributed by atoms with van der Waals surface area (Å²) >= 11 is 0. The zero-order valence-corrected chi connectivity index (χ0v) is 22.7. The van der Waals surface area contributed by atoms with Gasteiger partial charge in [-0.05, 0) is 42.2 Å². The molecule has 2 aliphatic rings. The minimum absolute atomic E-state index is 0.197. The quantitative estimate of drug-likeness (QED) is 0.209. The van der Waals surface area contributed by atoms with Crippen LogP contribution in [-0.4, -0.2) is 46.7 Å². The van der Waals surface area contributed by atoms with Crippen LogP contribution in [0.5, 0.6) is 5.75 Å². The molecule has 2 amide bonds. The van der Waals surface area contributed by atoms with Gasteiger partial charge in [0, 0.05) is 24.7 Å². The Morgan fingerprint density at radius 2 is 1.66 bits per heavy atom. The van der Waals surface area contributed by atoms with E-state index in [1.807, 2.05) is 84.9 Å². The number of carbonyl (C=O) groups excluding carboxylic acids is 1. The van der Waals surface area contributed by atoms with Crippen LogP contribution in [0.15, 0.2) is 107 Å². The van der Waals surface area contributed by atoms with Crippen molar-refractivity contribution in [2.45, 2.75) is 32.1 Å². The van der Waals surface area contributed by atoms with Gasteiger partial charge in [0.2, 0.25) is 0 Å². The highest BCUT2D eigenvalue weighted by Gasteiger charge is 2.35. The number of aliphatic imine (C=N–C) groups is 2. The lowest BCUT2D eigenvalue weighted by Crippen LogP contribution is -2.36. The van der Waals surface area contributed by atoms with Crippen LogP contribution < -0.4 is 10.1 Å². The van der Waals surface area contributed by atoms with Crippen molar-refractivity contribution in [3.05, 3.63) is 114 Å². The molecule has 2 aliphatic heterocycles. The van der Waals surface area contributed by atoms with Crippen molar-refractivity contribution in [2.24, 2.45) is 9.98 Å². The van der Waals surface area contributed by atoms with Gasteiger partial charge in [-0.3, -0.25) is 9.69 Å². The van der Waals surface area contributed by atoms with Crippen LogP contribution in [0, 0.1) is 0 Å². The molecule has 0 aromatic heterocycles. The molecule has 8 heteroatoms. The topological polar surface area (TPSA) is 104 Å². The molecule has 8 nitrogen and oxygen atoms in total. The largest absolute Gasteiger partial charge is 0.494 e. The second-order valence-electron chi connectivity index (χ2n) is 9.81. The summed E-state index contributed by atoms with van der Waals surface area (Å²) in [5.74, 6) is 1.08. The number of amides is 2. The molecule has 0 bridgehead atoms. The van der Waals surface area contributed by atoms with E-state index in [1.165, 1.54) is 0 Å². The molecule has 41 heavy (non-hydrogen) atoms. The normalized spacial score (nSPS) is 15.2. The predicted molar refractivity (Wildman–Crippen MR) is 161 cm³/mol. The van der Waals surface area contributed by atoms with Gasteiger partial charge in [-0.15, -0.1) is 0 Å². The standard InChI is InChI=1S/C33H32N4O4/c38-32-29(22-25-14-11-17-27(20-25)41-19-10-2-1-9-18-34-33(39)40)36-31-28(21-24-12-5-3-6-13-24)35-30(23-37(31)32)26-15-7-4-8-16-26/h3-8,11-17,20,22-23,34H,1-2,9-10,18-19,21H2,(H,39,40)/b29-22-. The fourth-order valence-corrected chi connectivity index (χ4v) is 4.67. The molecule has 0 aliphatic carbocycles. The number of fused-ring (bicyclic) bond motifs is 1. The van der Waals surface area contributed by atoms with E-state index >= 15 is 0 Å². The third-order valence-electron chi connectivity index (χ3n) is 6.72. The lowest BCUT2D eigenvalue weighted by Gasteiger charge is -2.21. The van der Waals surface area contributed by atoms with Crippen molar-refractivity contribution in [3.63, 3.8) is 0 Å². The average Bonchev–Trinajstić information content (AvgIpc) is 3.30. The van der Waals surface area contributed by atoms with Crippen LogP contribution in [0.3, 0.4) is 0 Å². The molecular weight excluding hydrogens is 516 g/mol. The predicted octanol–water partition coefficient (Wildman–Crippen LogP) is 6.17. The summed E-state index contributed by atoms with van der Waals surface area (Å²) in [6.07, 6.45) is 6.69. The molecule has 208 valence electrons. The number of unbranched alkanes of at least 4 members (excludes halogenated alkanes) is 3. The number of carboxylic acid groups (broad SMARTS) is 1. The Hall–Kier alpha value is -4.98. The van der Waals surface area contributed by atoms with Gasteiger partial charge in [0.1, 0.15) is 11.4 Å². The SMILES string of the molecule is O=C(O)NCCCCCCOc1cccc(/C=C2\N=C3C(Cc4ccccc4)=NC(c4ccccc4)=CN3C2=O)c1. The molecule has 2 N–H and O–H groups in total. The molecule has 0 spiro atoms. The van der Waals surface area contributed by atoms with Crippen LogP contribution in [0.2, 0.25) is 0 Å². The van der Waals surface area contributed by atoms with Gasteiger partial charge in [-0.1, -0.05) is 85.6 Å². The molecule has 0 saturated carbocycles. The van der Waals surface area contributed by atoms with Gasteiger partial charge in [0.25, 0.3) is 5.91 Å². The number of benzene rings is 3. The Morgan fingerprint density at radius 1 is 0.902 bits per heavy atom. The fraction of sp³-hybridized carbons (Fsp3) is 0.212. The summed E-state index contributed by atoms with van der Waals surface area (Å²) in [6.45, 7) is 1.03. The van der Waals surface area contributed by atoms with Crippen molar-refractivity contribution >= 4 is 35.3 Å². The summed E-state index contributed by atoms with van der Waals surface area (Å²) in [5, 5.41) is 11.0. The van der Waals surface area contributed by atoms with Crippen molar-refractivity contribution < 1.29 is 19.4 Å². The van der Waals surface area contributed by atoms with Crippen LogP contribution in [-0.2, 0) is 11.2 Å². The van der Waals surface area contributed by atoms with Crippen molar-refractivity contribution in [1.29, 1.82) is 0 Å². The molecular formula is C33H32N4O4. The van der Waals surface area contributed by atoms with E-state index in [-0.39, 0.29) is 5.91 Å². The van der Waals surface area contributed by atoms with E-state index in [1.54, 1.807) is 17.2 Å². The molecule has 0 saturated heterocycles. The molecule has 0 radical (unpaired) electrons. The molecule has 2 heterocycles. The van der Waals surface area contributed by atoms with Gasteiger partial charge < -0.3 is 15.2 Å². The van der Waals surface area contributed by atoms with E-state index in [0.29, 0.717) is 31.1 Å². The zero-order chi connectivity index (χ0) is 28.4. The van der Waals surface area contributed by atoms with Crippen LogP contribution in [0.1, 0.15) is 42.4 Å². The van der Waals surface area contributed by atoms with Crippen molar-refractivity contribution in [2.75, 3.05) is 13.2 Å². The number of hydrogen-bond donors (Lipinski definition) is 2. The first-order valence-corrected chi connectivity index (χ1v) is 13.8. The molecule has 0 atom stereocenters. The first-order chi connectivity index (χ1) is 20.1. The highest BCUT2D eigenvalue weighted by molar-refractivity contribution is 6.48. The number of carbonyl (C=O) groups is 2. The molecule has 0 unspecified atom stereocenters. The molecule has 3 aromatic rings. The first kappa shape index (κ1) is 27.6. The third-order valence-corrected chi connectivity index (χ3v) is 6.72. The van der Waals surface area contributed by atoms with Gasteiger partial charge >= 0.3 is 6.09 Å².